The topological polar surface area (TPSA) is 126 Å². The number of anilines is 1. The summed E-state index contributed by atoms with van der Waals surface area (Å²) in [6, 6.07) is 7.21. The Morgan fingerprint density at radius 2 is 1.89 bits per heavy atom. The van der Waals surface area contributed by atoms with Gasteiger partial charge in [-0.1, -0.05) is 23.7 Å². The number of fused-ring (bicyclic) bond motifs is 2. The normalized spacial score (nSPS) is 24.6. The number of sulfonamides is 1. The van der Waals surface area contributed by atoms with Gasteiger partial charge in [-0.25, -0.2) is 22.0 Å². The van der Waals surface area contributed by atoms with Crippen molar-refractivity contribution in [2.24, 2.45) is 5.92 Å². The van der Waals surface area contributed by atoms with E-state index in [0.717, 1.165) is 24.1 Å². The fourth-order valence-corrected chi connectivity index (χ4v) is 8.67. The molecule has 3 fully saturated rings. The Kier molecular flexibility index (Phi) is 11.0. The molecule has 10 nitrogen and oxygen atoms in total. The average Bonchev–Trinajstić information content (AvgIpc) is 3.13. The first-order valence-electron chi connectivity index (χ1n) is 15.2. The van der Waals surface area contributed by atoms with Crippen LogP contribution in [0.4, 0.5) is 19.3 Å². The van der Waals surface area contributed by atoms with Crippen LogP contribution in [0, 0.1) is 17.6 Å². The molecular weight excluding hydrogens is 630 g/mol. The molecule has 2 aromatic carbocycles. The Bertz CT molecular complexity index is 1480. The number of halogens is 3. The maximum atomic E-state index is 15.3. The van der Waals surface area contributed by atoms with E-state index in [2.05, 4.69) is 16.0 Å². The zero-order valence-corrected chi connectivity index (χ0v) is 26.6. The van der Waals surface area contributed by atoms with E-state index < -0.39 is 51.7 Å². The SMILES string of the molecule is COC(=O)N[C@H](C(=O)Nc1cc(F)cc(F)c1CC[C@H]1CN[C@@H]2CCCS(=O)(=O)N1C2)[C@@H](c1ccc(Cl)cc1)C1CCOCC1. The van der Waals surface area contributed by atoms with Gasteiger partial charge in [-0.15, -0.1) is 0 Å². The molecule has 0 aromatic heterocycles. The number of amides is 2. The van der Waals surface area contributed by atoms with E-state index in [-0.39, 0.29) is 41.8 Å². The number of alkyl carbamates (subject to hydrolysis) is 1. The highest BCUT2D eigenvalue weighted by atomic mass is 35.5. The van der Waals surface area contributed by atoms with Gasteiger partial charge < -0.3 is 25.4 Å². The molecule has 0 aliphatic carbocycles. The maximum absolute atomic E-state index is 15.3. The molecule has 2 aromatic rings. The first kappa shape index (κ1) is 33.5. The monoisotopic (exact) mass is 668 g/mol. The molecule has 2 bridgehead atoms. The second-order valence-electron chi connectivity index (χ2n) is 11.9. The molecule has 14 heteroatoms. The van der Waals surface area contributed by atoms with Gasteiger partial charge in [0, 0.05) is 66.6 Å². The summed E-state index contributed by atoms with van der Waals surface area (Å²) in [5.41, 5.74) is 0.705. The zero-order valence-electron chi connectivity index (χ0n) is 25.1. The molecule has 5 atom stereocenters. The summed E-state index contributed by atoms with van der Waals surface area (Å²) >= 11 is 6.14. The molecule has 1 unspecified atom stereocenters. The van der Waals surface area contributed by atoms with Crippen LogP contribution in [0.5, 0.6) is 0 Å². The summed E-state index contributed by atoms with van der Waals surface area (Å²) in [5.74, 6) is -2.99. The summed E-state index contributed by atoms with van der Waals surface area (Å²) in [6.45, 7) is 1.71. The number of carbonyl (C=O) groups excluding carboxylic acids is 2. The van der Waals surface area contributed by atoms with Crippen LogP contribution in [-0.2, 0) is 30.7 Å². The minimum atomic E-state index is -3.47. The van der Waals surface area contributed by atoms with Crippen molar-refractivity contribution in [3.63, 3.8) is 0 Å². The van der Waals surface area contributed by atoms with E-state index in [4.69, 9.17) is 21.1 Å². The zero-order chi connectivity index (χ0) is 32.1. The van der Waals surface area contributed by atoms with Gasteiger partial charge in [0.2, 0.25) is 15.9 Å². The van der Waals surface area contributed by atoms with E-state index >= 15 is 4.39 Å². The Morgan fingerprint density at radius 1 is 1.16 bits per heavy atom. The predicted molar refractivity (Wildman–Crippen MR) is 166 cm³/mol. The Labute approximate surface area is 267 Å². The molecule has 0 radical (unpaired) electrons. The quantitative estimate of drug-likeness (QED) is 0.366. The van der Waals surface area contributed by atoms with Crippen LogP contribution in [0.1, 0.15) is 49.1 Å². The van der Waals surface area contributed by atoms with Gasteiger partial charge in [-0.2, -0.15) is 4.31 Å². The Morgan fingerprint density at radius 3 is 2.60 bits per heavy atom. The molecule has 3 N–H and O–H groups in total. The van der Waals surface area contributed by atoms with Crippen molar-refractivity contribution in [3.05, 3.63) is 64.2 Å². The largest absolute Gasteiger partial charge is 0.453 e. The van der Waals surface area contributed by atoms with Gasteiger partial charge in [-0.3, -0.25) is 4.79 Å². The summed E-state index contributed by atoms with van der Waals surface area (Å²) in [4.78, 5) is 26.6. The van der Waals surface area contributed by atoms with Crippen LogP contribution < -0.4 is 16.0 Å². The lowest BCUT2D eigenvalue weighted by molar-refractivity contribution is -0.119. The number of rotatable bonds is 9. The lowest BCUT2D eigenvalue weighted by Gasteiger charge is -2.37. The van der Waals surface area contributed by atoms with Gasteiger partial charge in [0.1, 0.15) is 17.7 Å². The van der Waals surface area contributed by atoms with Crippen molar-refractivity contribution in [3.8, 4) is 0 Å². The minimum Gasteiger partial charge on any atom is -0.453 e. The van der Waals surface area contributed by atoms with Crippen LogP contribution in [0.2, 0.25) is 5.02 Å². The van der Waals surface area contributed by atoms with E-state index in [1.165, 1.54) is 11.4 Å². The molecular formula is C31H39ClF2N4O6S. The molecule has 246 valence electrons. The molecule has 0 spiro atoms. The van der Waals surface area contributed by atoms with Crippen LogP contribution >= 0.6 is 11.6 Å². The number of methoxy groups -OCH3 is 1. The van der Waals surface area contributed by atoms with Crippen molar-refractivity contribution >= 4 is 39.3 Å². The van der Waals surface area contributed by atoms with Crippen molar-refractivity contribution in [2.45, 2.75) is 62.6 Å². The van der Waals surface area contributed by atoms with Crippen LogP contribution in [0.15, 0.2) is 36.4 Å². The van der Waals surface area contributed by atoms with Crippen LogP contribution in [0.25, 0.3) is 0 Å². The number of hydrogen-bond donors (Lipinski definition) is 3. The van der Waals surface area contributed by atoms with E-state index in [1.54, 1.807) is 24.3 Å². The third kappa shape index (κ3) is 8.12. The molecule has 3 aliphatic rings. The molecule has 5 rings (SSSR count). The molecule has 3 saturated heterocycles. The number of ether oxygens (including phenoxy) is 2. The third-order valence-electron chi connectivity index (χ3n) is 9.04. The first-order valence-corrected chi connectivity index (χ1v) is 17.2. The van der Waals surface area contributed by atoms with E-state index in [9.17, 15) is 22.4 Å². The second-order valence-corrected chi connectivity index (χ2v) is 14.3. The van der Waals surface area contributed by atoms with Crippen molar-refractivity contribution in [1.29, 1.82) is 0 Å². The van der Waals surface area contributed by atoms with E-state index in [0.29, 0.717) is 50.6 Å². The van der Waals surface area contributed by atoms with Gasteiger partial charge >= 0.3 is 6.09 Å². The summed E-state index contributed by atoms with van der Waals surface area (Å²) in [5, 5.41) is 9.23. The third-order valence-corrected chi connectivity index (χ3v) is 11.3. The summed E-state index contributed by atoms with van der Waals surface area (Å²) < 4.78 is 67.7. The van der Waals surface area contributed by atoms with Gasteiger partial charge in [-0.05, 0) is 68.2 Å². The number of benzene rings is 2. The highest BCUT2D eigenvalue weighted by Gasteiger charge is 2.40. The minimum absolute atomic E-state index is 0.0421. The number of piperazine rings is 1. The van der Waals surface area contributed by atoms with Gasteiger partial charge in [0.15, 0.2) is 0 Å². The summed E-state index contributed by atoms with van der Waals surface area (Å²) in [7, 11) is -2.28. The average molecular weight is 669 g/mol. The first-order chi connectivity index (χ1) is 21.6. The molecule has 3 heterocycles. The van der Waals surface area contributed by atoms with Gasteiger partial charge in [0.25, 0.3) is 0 Å². The molecule has 3 aliphatic heterocycles. The fourth-order valence-electron chi connectivity index (χ4n) is 6.74. The van der Waals surface area contributed by atoms with Gasteiger partial charge in [0.05, 0.1) is 12.9 Å². The number of nitrogens with zero attached hydrogens (tertiary/aromatic N) is 1. The second kappa shape index (κ2) is 14.7. The van der Waals surface area contributed by atoms with Crippen molar-refractivity contribution < 1.29 is 36.3 Å². The lowest BCUT2D eigenvalue weighted by atomic mass is 9.76. The van der Waals surface area contributed by atoms with E-state index in [1.807, 2.05) is 0 Å². The predicted octanol–water partition coefficient (Wildman–Crippen LogP) is 4.19. The molecule has 0 saturated carbocycles. The van der Waals surface area contributed by atoms with Crippen LogP contribution in [0.3, 0.4) is 0 Å². The van der Waals surface area contributed by atoms with Crippen LogP contribution in [-0.4, -0.2) is 82.0 Å². The standard InChI is InChI=1S/C31H39ClF2N4O6S/c1-43-31(40)37-29(28(20-10-12-44-13-11-20)19-4-6-21(32)7-5-19)30(39)36-27-16-22(33)15-26(34)25(27)9-8-24-17-35-23-3-2-14-45(41,42)38(24)18-23/h4-7,15-16,20,23-24,28-29,35H,2-3,8-14,17-18H2,1H3,(H,36,39)(H,37,40)/t23-,24+,28+,29+/m1/s1. The lowest BCUT2D eigenvalue weighted by Crippen LogP contribution is -2.57. The summed E-state index contributed by atoms with van der Waals surface area (Å²) in [6.07, 6.45) is 2.03. The fraction of sp³-hybridized carbons (Fsp3) is 0.548. The highest BCUT2D eigenvalue weighted by molar-refractivity contribution is 7.89. The smallest absolute Gasteiger partial charge is 0.407 e. The number of nitrogens with one attached hydrogen (secondary N) is 3. The Hall–Kier alpha value is -2.84. The number of carbonyl (C=O) groups is 2. The Balaban J connectivity index is 1.43. The molecule has 45 heavy (non-hydrogen) atoms. The van der Waals surface area contributed by atoms with Crippen molar-refractivity contribution in [1.82, 2.24) is 14.9 Å². The molecule has 2 amide bonds. The van der Waals surface area contributed by atoms with Crippen molar-refractivity contribution in [2.75, 3.05) is 44.5 Å². The number of hydrogen-bond acceptors (Lipinski definition) is 7. The highest BCUT2D eigenvalue weighted by Crippen LogP contribution is 2.37. The maximum Gasteiger partial charge on any atom is 0.407 e.